The highest BCUT2D eigenvalue weighted by atomic mass is 32.2. The summed E-state index contributed by atoms with van der Waals surface area (Å²) in [4.78, 5) is 0. The van der Waals surface area contributed by atoms with Gasteiger partial charge in [0, 0.05) is 26.2 Å². The largest absolute Gasteiger partial charge is 0.245 e. The van der Waals surface area contributed by atoms with Crippen LogP contribution in [-0.2, 0) is 0 Å². The highest BCUT2D eigenvalue weighted by Gasteiger charge is 2.13. The summed E-state index contributed by atoms with van der Waals surface area (Å²) in [5, 5.41) is 0. The first kappa shape index (κ1) is 22.7. The van der Waals surface area contributed by atoms with Gasteiger partial charge in [-0.1, -0.05) is 65.6 Å². The standard InChI is InChI=1S/C17H36N2S3/c1-5-9-13-18(14-10-6-2)21-17(20)22-19(15-11-7-3)16-12-8-4/h5-16H2,1-4H3. The van der Waals surface area contributed by atoms with Crippen molar-refractivity contribution in [2.75, 3.05) is 26.2 Å². The molecule has 0 aromatic carbocycles. The maximum absolute atomic E-state index is 5.65. The molecule has 0 fully saturated rings. The predicted octanol–water partition coefficient (Wildman–Crippen LogP) is 6.37. The Morgan fingerprint density at radius 3 is 1.14 bits per heavy atom. The summed E-state index contributed by atoms with van der Waals surface area (Å²) < 4.78 is 6.01. The Bertz CT molecular complexity index is 222. The van der Waals surface area contributed by atoms with E-state index in [-0.39, 0.29) is 0 Å². The molecular weight excluding hydrogens is 328 g/mol. The summed E-state index contributed by atoms with van der Waals surface area (Å²) in [6.45, 7) is 13.7. The molecule has 0 rings (SSSR count). The van der Waals surface area contributed by atoms with Gasteiger partial charge in [0.1, 0.15) is 3.53 Å². The van der Waals surface area contributed by atoms with Gasteiger partial charge in [0.2, 0.25) is 0 Å². The number of thiocarbonyl (C=S) groups is 1. The van der Waals surface area contributed by atoms with E-state index in [0.29, 0.717) is 0 Å². The van der Waals surface area contributed by atoms with Gasteiger partial charge in [-0.2, -0.15) is 0 Å². The van der Waals surface area contributed by atoms with Gasteiger partial charge < -0.3 is 0 Å². The first-order valence-electron chi connectivity index (χ1n) is 9.07. The van der Waals surface area contributed by atoms with Gasteiger partial charge in [-0.3, -0.25) is 0 Å². The molecule has 0 aliphatic rings. The second-order valence-corrected chi connectivity index (χ2v) is 9.10. The van der Waals surface area contributed by atoms with Gasteiger partial charge in [0.25, 0.3) is 0 Å². The van der Waals surface area contributed by atoms with E-state index in [2.05, 4.69) is 36.3 Å². The molecule has 0 N–H and O–H groups in total. The van der Waals surface area contributed by atoms with Crippen LogP contribution >= 0.6 is 36.1 Å². The van der Waals surface area contributed by atoms with Crippen molar-refractivity contribution in [3.8, 4) is 0 Å². The van der Waals surface area contributed by atoms with Crippen molar-refractivity contribution in [1.29, 1.82) is 0 Å². The fourth-order valence-electron chi connectivity index (χ4n) is 1.97. The number of rotatable bonds is 14. The second-order valence-electron chi connectivity index (χ2n) is 5.70. The van der Waals surface area contributed by atoms with Crippen molar-refractivity contribution in [2.24, 2.45) is 0 Å². The zero-order chi connectivity index (χ0) is 16.6. The van der Waals surface area contributed by atoms with E-state index in [1.54, 1.807) is 23.9 Å². The van der Waals surface area contributed by atoms with Crippen LogP contribution in [0.3, 0.4) is 0 Å². The third-order valence-corrected chi connectivity index (χ3v) is 5.89. The zero-order valence-electron chi connectivity index (χ0n) is 15.1. The first-order valence-corrected chi connectivity index (χ1v) is 11.0. The molecule has 0 aromatic rings. The Morgan fingerprint density at radius 1 is 0.636 bits per heavy atom. The molecule has 0 unspecified atom stereocenters. The van der Waals surface area contributed by atoms with Gasteiger partial charge in [0.15, 0.2) is 0 Å². The highest BCUT2D eigenvalue weighted by Crippen LogP contribution is 2.26. The van der Waals surface area contributed by atoms with E-state index >= 15 is 0 Å². The fraction of sp³-hybridized carbons (Fsp3) is 0.941. The number of nitrogens with zero attached hydrogens (tertiary/aromatic N) is 2. The average Bonchev–Trinajstić information content (AvgIpc) is 2.52. The first-order chi connectivity index (χ1) is 10.7. The Labute approximate surface area is 153 Å². The molecule has 0 aliphatic carbocycles. The van der Waals surface area contributed by atoms with Crippen molar-refractivity contribution in [3.63, 3.8) is 0 Å². The van der Waals surface area contributed by atoms with E-state index in [1.807, 2.05) is 0 Å². The van der Waals surface area contributed by atoms with Gasteiger partial charge >= 0.3 is 0 Å². The van der Waals surface area contributed by atoms with Crippen LogP contribution < -0.4 is 0 Å². The van der Waals surface area contributed by atoms with Crippen LogP contribution in [0.15, 0.2) is 0 Å². The van der Waals surface area contributed by atoms with Gasteiger partial charge in [-0.05, 0) is 49.6 Å². The lowest BCUT2D eigenvalue weighted by Crippen LogP contribution is -2.23. The Balaban J connectivity index is 4.27. The van der Waals surface area contributed by atoms with E-state index < -0.39 is 0 Å². The monoisotopic (exact) mass is 364 g/mol. The fourth-order valence-corrected chi connectivity index (χ4v) is 4.67. The van der Waals surface area contributed by atoms with Crippen LogP contribution in [0.1, 0.15) is 79.1 Å². The van der Waals surface area contributed by atoms with E-state index in [9.17, 15) is 0 Å². The van der Waals surface area contributed by atoms with Gasteiger partial charge in [-0.25, -0.2) is 8.61 Å². The summed E-state index contributed by atoms with van der Waals surface area (Å²) in [5.74, 6) is 0. The molecule has 0 amide bonds. The molecule has 0 bridgehead atoms. The topological polar surface area (TPSA) is 6.48 Å². The molecule has 132 valence electrons. The Hall–Kier alpha value is 0.710. The van der Waals surface area contributed by atoms with Gasteiger partial charge in [0.05, 0.1) is 0 Å². The summed E-state index contributed by atoms with van der Waals surface area (Å²) in [6.07, 6.45) is 10.1. The Kier molecular flexibility index (Phi) is 17.1. The molecule has 0 heterocycles. The SMILES string of the molecule is CCCCN(CCCC)SC(=S)SN(CCCC)CCCC. The van der Waals surface area contributed by atoms with E-state index in [4.69, 9.17) is 12.2 Å². The third-order valence-electron chi connectivity index (χ3n) is 3.45. The summed E-state index contributed by atoms with van der Waals surface area (Å²) in [5.41, 5.74) is 0. The number of hydrogen-bond donors (Lipinski definition) is 0. The molecule has 0 saturated carbocycles. The van der Waals surface area contributed by atoms with Crippen LogP contribution in [-0.4, -0.2) is 38.3 Å². The maximum Gasteiger partial charge on any atom is 0.134 e. The normalized spacial score (nSPS) is 11.5. The molecule has 0 atom stereocenters. The van der Waals surface area contributed by atoms with Crippen LogP contribution in [0.2, 0.25) is 0 Å². The van der Waals surface area contributed by atoms with Crippen LogP contribution in [0.5, 0.6) is 0 Å². The quantitative estimate of drug-likeness (QED) is 0.260. The summed E-state index contributed by atoms with van der Waals surface area (Å²) in [6, 6.07) is 0. The third kappa shape index (κ3) is 13.2. The van der Waals surface area contributed by atoms with Crippen molar-refractivity contribution < 1.29 is 0 Å². The molecule has 0 saturated heterocycles. The molecule has 0 radical (unpaired) electrons. The molecule has 0 aromatic heterocycles. The molecule has 5 heteroatoms. The van der Waals surface area contributed by atoms with Crippen molar-refractivity contribution in [1.82, 2.24) is 8.61 Å². The second kappa shape index (κ2) is 16.6. The maximum atomic E-state index is 5.65. The molecule has 0 spiro atoms. The minimum absolute atomic E-state index is 1.07. The molecule has 2 nitrogen and oxygen atoms in total. The number of unbranched alkanes of at least 4 members (excludes halogenated alkanes) is 4. The molecule has 0 aliphatic heterocycles. The highest BCUT2D eigenvalue weighted by molar-refractivity contribution is 8.45. The Morgan fingerprint density at radius 2 is 0.909 bits per heavy atom. The lowest BCUT2D eigenvalue weighted by Gasteiger charge is -2.24. The zero-order valence-corrected chi connectivity index (χ0v) is 17.6. The lowest BCUT2D eigenvalue weighted by atomic mass is 10.3. The minimum Gasteiger partial charge on any atom is -0.245 e. The van der Waals surface area contributed by atoms with E-state index in [0.717, 1.165) is 29.7 Å². The smallest absolute Gasteiger partial charge is 0.134 e. The van der Waals surface area contributed by atoms with Crippen LogP contribution in [0.4, 0.5) is 0 Å². The van der Waals surface area contributed by atoms with Crippen LogP contribution in [0, 0.1) is 0 Å². The van der Waals surface area contributed by atoms with Crippen molar-refractivity contribution in [2.45, 2.75) is 79.1 Å². The van der Waals surface area contributed by atoms with Crippen molar-refractivity contribution >= 4 is 39.6 Å². The van der Waals surface area contributed by atoms with Gasteiger partial charge in [-0.15, -0.1) is 0 Å². The lowest BCUT2D eigenvalue weighted by molar-refractivity contribution is 0.445. The average molecular weight is 365 g/mol. The molecule has 22 heavy (non-hydrogen) atoms. The minimum atomic E-state index is 1.07. The van der Waals surface area contributed by atoms with E-state index in [1.165, 1.54) is 51.4 Å². The molecular formula is C17H36N2S3. The van der Waals surface area contributed by atoms with Crippen molar-refractivity contribution in [3.05, 3.63) is 0 Å². The predicted molar refractivity (Wildman–Crippen MR) is 111 cm³/mol. The summed E-state index contributed by atoms with van der Waals surface area (Å²) in [7, 11) is 0. The van der Waals surface area contributed by atoms with Crippen LogP contribution in [0.25, 0.3) is 0 Å². The number of hydrogen-bond acceptors (Lipinski definition) is 5. The summed E-state index contributed by atoms with van der Waals surface area (Å²) >= 11 is 9.26.